The van der Waals surface area contributed by atoms with Gasteiger partial charge >= 0.3 is 12.0 Å². The molecule has 0 aliphatic heterocycles. The van der Waals surface area contributed by atoms with E-state index in [1.54, 1.807) is 0 Å². The van der Waals surface area contributed by atoms with E-state index in [0.29, 0.717) is 18.7 Å². The molecule has 0 unspecified atom stereocenters. The molecule has 0 radical (unpaired) electrons. The average molecular weight is 247 g/mol. The molecule has 1 rings (SSSR count). The number of aromatic carboxylic acids is 1. The maximum Gasteiger partial charge on any atom is 0.335 e. The maximum atomic E-state index is 11.3. The molecule has 2 amide bonds. The number of nitrogens with one attached hydrogen (secondary N) is 2. The largest absolute Gasteiger partial charge is 0.478 e. The minimum absolute atomic E-state index is 0.134. The van der Waals surface area contributed by atoms with E-state index in [9.17, 15) is 9.59 Å². The monoisotopic (exact) mass is 247 g/mol. The Morgan fingerprint density at radius 1 is 1.44 bits per heavy atom. The highest BCUT2D eigenvalue weighted by Gasteiger charge is 2.05. The van der Waals surface area contributed by atoms with Crippen LogP contribution in [0.1, 0.15) is 22.5 Å². The molecule has 6 heteroatoms. The van der Waals surface area contributed by atoms with Crippen LogP contribution in [0, 0.1) is 12.3 Å². The third kappa shape index (κ3) is 4.53. The van der Waals surface area contributed by atoms with Crippen molar-refractivity contribution in [1.29, 1.82) is 0 Å². The highest BCUT2D eigenvalue weighted by Crippen LogP contribution is 2.01. The Bertz CT molecular complexity index is 480. The third-order valence-electron chi connectivity index (χ3n) is 2.05. The number of urea groups is 1. The molecule has 0 bridgehead atoms. The van der Waals surface area contributed by atoms with Crippen molar-refractivity contribution >= 4 is 12.0 Å². The summed E-state index contributed by atoms with van der Waals surface area (Å²) in [6.45, 7) is 0.550. The van der Waals surface area contributed by atoms with Crippen LogP contribution in [0.25, 0.3) is 0 Å². The molecule has 1 heterocycles. The number of carbonyl (C=O) groups excluding carboxylic acids is 1. The molecule has 0 spiro atoms. The van der Waals surface area contributed by atoms with Gasteiger partial charge in [-0.2, -0.15) is 0 Å². The highest BCUT2D eigenvalue weighted by molar-refractivity contribution is 5.87. The number of carbonyl (C=O) groups is 2. The number of carboxylic acid groups (broad SMARTS) is 1. The number of pyridine rings is 1. The van der Waals surface area contributed by atoms with Gasteiger partial charge in [-0.1, -0.05) is 0 Å². The van der Waals surface area contributed by atoms with Gasteiger partial charge in [0.15, 0.2) is 0 Å². The van der Waals surface area contributed by atoms with E-state index < -0.39 is 5.97 Å². The number of carboxylic acids is 1. The molecule has 3 N–H and O–H groups in total. The SMILES string of the molecule is C#CCCNC(=O)NCc1cc(C(=O)O)ccn1. The Kier molecular flexibility index (Phi) is 5.19. The van der Waals surface area contributed by atoms with Crippen LogP contribution < -0.4 is 10.6 Å². The lowest BCUT2D eigenvalue weighted by Crippen LogP contribution is -2.35. The first-order chi connectivity index (χ1) is 8.63. The normalized spacial score (nSPS) is 9.28. The Morgan fingerprint density at radius 3 is 2.89 bits per heavy atom. The van der Waals surface area contributed by atoms with Crippen LogP contribution in [0.2, 0.25) is 0 Å². The second-order valence-corrected chi connectivity index (χ2v) is 3.40. The van der Waals surface area contributed by atoms with Gasteiger partial charge in [0, 0.05) is 19.2 Å². The quantitative estimate of drug-likeness (QED) is 0.525. The average Bonchev–Trinajstić information content (AvgIpc) is 2.37. The van der Waals surface area contributed by atoms with Crippen molar-refractivity contribution in [2.45, 2.75) is 13.0 Å². The lowest BCUT2D eigenvalue weighted by atomic mass is 10.2. The fourth-order valence-electron chi connectivity index (χ4n) is 1.19. The van der Waals surface area contributed by atoms with E-state index in [1.165, 1.54) is 18.3 Å². The van der Waals surface area contributed by atoms with Gasteiger partial charge in [-0.25, -0.2) is 9.59 Å². The van der Waals surface area contributed by atoms with Crippen LogP contribution in [-0.2, 0) is 6.54 Å². The third-order valence-corrected chi connectivity index (χ3v) is 2.05. The van der Waals surface area contributed by atoms with Crippen molar-refractivity contribution in [2.24, 2.45) is 0 Å². The topological polar surface area (TPSA) is 91.3 Å². The zero-order valence-corrected chi connectivity index (χ0v) is 9.64. The fraction of sp³-hybridized carbons (Fsp3) is 0.250. The molecule has 0 saturated heterocycles. The van der Waals surface area contributed by atoms with Crippen molar-refractivity contribution in [3.05, 3.63) is 29.6 Å². The summed E-state index contributed by atoms with van der Waals surface area (Å²) in [6.07, 6.45) is 6.88. The fourth-order valence-corrected chi connectivity index (χ4v) is 1.19. The van der Waals surface area contributed by atoms with Crippen LogP contribution in [-0.4, -0.2) is 28.6 Å². The summed E-state index contributed by atoms with van der Waals surface area (Å²) in [4.78, 5) is 25.9. The molecule has 1 aromatic heterocycles. The summed E-state index contributed by atoms with van der Waals surface area (Å²) in [5.74, 6) is 1.37. The molecule has 0 atom stereocenters. The van der Waals surface area contributed by atoms with Crippen molar-refractivity contribution < 1.29 is 14.7 Å². The molecule has 18 heavy (non-hydrogen) atoms. The first-order valence-electron chi connectivity index (χ1n) is 5.27. The predicted molar refractivity (Wildman–Crippen MR) is 64.9 cm³/mol. The van der Waals surface area contributed by atoms with Gasteiger partial charge in [0.1, 0.15) is 0 Å². The summed E-state index contributed by atoms with van der Waals surface area (Å²) >= 11 is 0. The molecule has 1 aromatic rings. The van der Waals surface area contributed by atoms with E-state index in [2.05, 4.69) is 21.5 Å². The number of nitrogens with zero attached hydrogens (tertiary/aromatic N) is 1. The number of hydrogen-bond acceptors (Lipinski definition) is 3. The van der Waals surface area contributed by atoms with Gasteiger partial charge in [-0.15, -0.1) is 12.3 Å². The maximum absolute atomic E-state index is 11.3. The number of terminal acetylenes is 1. The molecule has 6 nitrogen and oxygen atoms in total. The zero-order chi connectivity index (χ0) is 13.4. The van der Waals surface area contributed by atoms with Gasteiger partial charge in [-0.05, 0) is 12.1 Å². The molecule has 94 valence electrons. The number of aromatic nitrogens is 1. The van der Waals surface area contributed by atoms with Gasteiger partial charge in [0.25, 0.3) is 0 Å². The summed E-state index contributed by atoms with van der Waals surface area (Å²) in [6, 6.07) is 2.43. The molecular weight excluding hydrogens is 234 g/mol. The Balaban J connectivity index is 2.44. The summed E-state index contributed by atoms with van der Waals surface area (Å²) < 4.78 is 0. The zero-order valence-electron chi connectivity index (χ0n) is 9.64. The molecule has 0 aliphatic rings. The van der Waals surface area contributed by atoms with Crippen LogP contribution in [0.15, 0.2) is 18.3 Å². The minimum atomic E-state index is -1.03. The lowest BCUT2D eigenvalue weighted by molar-refractivity contribution is 0.0696. The Morgan fingerprint density at radius 2 is 2.22 bits per heavy atom. The summed E-state index contributed by atoms with van der Waals surface area (Å²) in [7, 11) is 0. The van der Waals surface area contributed by atoms with E-state index in [-0.39, 0.29) is 18.1 Å². The minimum Gasteiger partial charge on any atom is -0.478 e. The molecular formula is C12H13N3O3. The van der Waals surface area contributed by atoms with Crippen LogP contribution in [0.5, 0.6) is 0 Å². The van der Waals surface area contributed by atoms with Gasteiger partial charge in [-0.3, -0.25) is 4.98 Å². The van der Waals surface area contributed by atoms with Crippen molar-refractivity contribution in [1.82, 2.24) is 15.6 Å². The predicted octanol–water partition coefficient (Wildman–Crippen LogP) is 0.602. The highest BCUT2D eigenvalue weighted by atomic mass is 16.4. The number of rotatable bonds is 5. The first kappa shape index (κ1) is 13.5. The number of amides is 2. The summed E-state index contributed by atoms with van der Waals surface area (Å²) in [5, 5.41) is 13.9. The van der Waals surface area contributed by atoms with Crippen molar-refractivity contribution in [3.8, 4) is 12.3 Å². The molecule has 0 aromatic carbocycles. The standard InChI is InChI=1S/C12H13N3O3/c1-2-3-5-14-12(18)15-8-10-7-9(11(16)17)4-6-13-10/h1,4,6-7H,3,5,8H2,(H,16,17)(H2,14,15,18). The van der Waals surface area contributed by atoms with Crippen LogP contribution in [0.3, 0.4) is 0 Å². The Hall–Kier alpha value is -2.55. The molecule has 0 fully saturated rings. The van der Waals surface area contributed by atoms with E-state index in [4.69, 9.17) is 11.5 Å². The van der Waals surface area contributed by atoms with Gasteiger partial charge in [0.2, 0.25) is 0 Å². The van der Waals surface area contributed by atoms with Crippen LogP contribution >= 0.6 is 0 Å². The summed E-state index contributed by atoms with van der Waals surface area (Å²) in [5.41, 5.74) is 0.608. The lowest BCUT2D eigenvalue weighted by Gasteiger charge is -2.06. The van der Waals surface area contributed by atoms with E-state index in [1.807, 2.05) is 0 Å². The van der Waals surface area contributed by atoms with E-state index >= 15 is 0 Å². The van der Waals surface area contributed by atoms with Gasteiger partial charge in [0.05, 0.1) is 17.8 Å². The number of hydrogen-bond donors (Lipinski definition) is 3. The second-order valence-electron chi connectivity index (χ2n) is 3.40. The molecule has 0 aliphatic carbocycles. The van der Waals surface area contributed by atoms with Crippen molar-refractivity contribution in [2.75, 3.05) is 6.54 Å². The second kappa shape index (κ2) is 6.91. The van der Waals surface area contributed by atoms with Crippen LogP contribution in [0.4, 0.5) is 4.79 Å². The molecule has 0 saturated carbocycles. The first-order valence-corrected chi connectivity index (χ1v) is 5.27. The smallest absolute Gasteiger partial charge is 0.335 e. The van der Waals surface area contributed by atoms with E-state index in [0.717, 1.165) is 0 Å². The van der Waals surface area contributed by atoms with Crippen molar-refractivity contribution in [3.63, 3.8) is 0 Å². The van der Waals surface area contributed by atoms with Gasteiger partial charge < -0.3 is 15.7 Å². The Labute approximate surface area is 104 Å².